The number of hydrogen-bond donors (Lipinski definition) is 1. The Hall–Kier alpha value is -2.00. The van der Waals surface area contributed by atoms with E-state index in [0.717, 1.165) is 24.3 Å². The van der Waals surface area contributed by atoms with Crippen LogP contribution in [0, 0.1) is 6.92 Å². The van der Waals surface area contributed by atoms with Crippen LogP contribution >= 0.6 is 0 Å². The second-order valence-electron chi connectivity index (χ2n) is 5.20. The molecule has 0 aliphatic heterocycles. The first-order valence-electron chi connectivity index (χ1n) is 7.26. The molecule has 0 spiro atoms. The number of benzene rings is 2. The largest absolute Gasteiger partial charge is 0.497 e. The zero-order valence-corrected chi connectivity index (χ0v) is 12.7. The van der Waals surface area contributed by atoms with E-state index in [1.165, 1.54) is 11.1 Å². The van der Waals surface area contributed by atoms with Gasteiger partial charge in [-0.25, -0.2) is 0 Å². The average Bonchev–Trinajstić information content (AvgIpc) is 2.50. The van der Waals surface area contributed by atoms with Crippen molar-refractivity contribution < 1.29 is 9.47 Å². The van der Waals surface area contributed by atoms with Gasteiger partial charge in [-0.1, -0.05) is 24.3 Å². The molecule has 1 unspecified atom stereocenters. The summed E-state index contributed by atoms with van der Waals surface area (Å²) in [7, 11) is 1.65. The number of nitrogens with two attached hydrogens (primary N) is 1. The van der Waals surface area contributed by atoms with Crippen molar-refractivity contribution in [3.8, 4) is 11.5 Å². The summed E-state index contributed by atoms with van der Waals surface area (Å²) in [5.74, 6) is 1.68. The molecule has 2 aromatic carbocycles. The lowest BCUT2D eigenvalue weighted by atomic mass is 10.0. The summed E-state index contributed by atoms with van der Waals surface area (Å²) in [5, 5.41) is 0. The summed E-state index contributed by atoms with van der Waals surface area (Å²) >= 11 is 0. The molecular formula is C18H23NO2. The molecule has 0 saturated heterocycles. The predicted molar refractivity (Wildman–Crippen MR) is 86.0 cm³/mol. The fourth-order valence-corrected chi connectivity index (χ4v) is 2.22. The Morgan fingerprint density at radius 3 is 2.33 bits per heavy atom. The zero-order chi connectivity index (χ0) is 15.1. The van der Waals surface area contributed by atoms with Gasteiger partial charge in [-0.2, -0.15) is 0 Å². The van der Waals surface area contributed by atoms with Crippen molar-refractivity contribution in [2.24, 2.45) is 5.73 Å². The second-order valence-corrected chi connectivity index (χ2v) is 5.20. The van der Waals surface area contributed by atoms with Crippen molar-refractivity contribution in [1.29, 1.82) is 0 Å². The second kappa shape index (κ2) is 7.70. The molecule has 0 heterocycles. The van der Waals surface area contributed by atoms with Gasteiger partial charge < -0.3 is 15.2 Å². The van der Waals surface area contributed by atoms with Crippen molar-refractivity contribution in [3.63, 3.8) is 0 Å². The van der Waals surface area contributed by atoms with Gasteiger partial charge in [0.2, 0.25) is 0 Å². The van der Waals surface area contributed by atoms with E-state index in [1.807, 2.05) is 24.3 Å². The summed E-state index contributed by atoms with van der Waals surface area (Å²) in [6.45, 7) is 2.75. The lowest BCUT2D eigenvalue weighted by Gasteiger charge is -2.14. The minimum absolute atomic E-state index is 0.115. The first-order valence-corrected chi connectivity index (χ1v) is 7.26. The summed E-state index contributed by atoms with van der Waals surface area (Å²) in [6, 6.07) is 16.1. The first kappa shape index (κ1) is 15.4. The molecule has 0 bridgehead atoms. The van der Waals surface area contributed by atoms with Crippen molar-refractivity contribution in [3.05, 3.63) is 59.7 Å². The average molecular weight is 285 g/mol. The van der Waals surface area contributed by atoms with Gasteiger partial charge in [-0.3, -0.25) is 0 Å². The molecule has 2 aromatic rings. The Bertz CT molecular complexity index is 551. The monoisotopic (exact) mass is 285 g/mol. The Labute approximate surface area is 126 Å². The van der Waals surface area contributed by atoms with Gasteiger partial charge in [0.1, 0.15) is 11.5 Å². The molecule has 0 aromatic heterocycles. The summed E-state index contributed by atoms with van der Waals surface area (Å²) < 4.78 is 10.8. The van der Waals surface area contributed by atoms with Gasteiger partial charge >= 0.3 is 0 Å². The van der Waals surface area contributed by atoms with E-state index in [4.69, 9.17) is 15.2 Å². The third kappa shape index (κ3) is 4.80. The van der Waals surface area contributed by atoms with E-state index < -0.39 is 0 Å². The van der Waals surface area contributed by atoms with Crippen LogP contribution in [0.2, 0.25) is 0 Å². The topological polar surface area (TPSA) is 44.5 Å². The Balaban J connectivity index is 1.76. The van der Waals surface area contributed by atoms with E-state index in [0.29, 0.717) is 6.61 Å². The molecule has 1 atom stereocenters. The van der Waals surface area contributed by atoms with Crippen molar-refractivity contribution in [2.45, 2.75) is 25.8 Å². The highest BCUT2D eigenvalue weighted by Crippen LogP contribution is 2.17. The summed E-state index contributed by atoms with van der Waals surface area (Å²) in [6.07, 6.45) is 1.72. The fourth-order valence-electron chi connectivity index (χ4n) is 2.22. The molecule has 2 rings (SSSR count). The van der Waals surface area contributed by atoms with E-state index in [-0.39, 0.29) is 6.04 Å². The fraction of sp³-hybridized carbons (Fsp3) is 0.333. The zero-order valence-electron chi connectivity index (χ0n) is 12.7. The van der Waals surface area contributed by atoms with Crippen LogP contribution in [-0.4, -0.2) is 19.8 Å². The number of aryl methyl sites for hydroxylation is 1. The molecular weight excluding hydrogens is 262 g/mol. The highest BCUT2D eigenvalue weighted by molar-refractivity contribution is 5.31. The predicted octanol–water partition coefficient (Wildman–Crippen LogP) is 3.34. The Kier molecular flexibility index (Phi) is 5.64. The Morgan fingerprint density at radius 1 is 1.00 bits per heavy atom. The van der Waals surface area contributed by atoms with Gasteiger partial charge in [0.15, 0.2) is 0 Å². The maximum atomic E-state index is 6.18. The van der Waals surface area contributed by atoms with E-state index in [9.17, 15) is 0 Å². The standard InChI is InChI=1S/C18H23NO2/c1-14-5-3-4-6-15(14)13-16(19)11-12-21-18-9-7-17(20-2)8-10-18/h3-10,16H,11-13,19H2,1-2H3. The number of methoxy groups -OCH3 is 1. The maximum absolute atomic E-state index is 6.18. The minimum Gasteiger partial charge on any atom is -0.497 e. The van der Waals surface area contributed by atoms with Gasteiger partial charge in [0.25, 0.3) is 0 Å². The number of rotatable bonds is 7. The third-order valence-corrected chi connectivity index (χ3v) is 3.56. The maximum Gasteiger partial charge on any atom is 0.119 e. The highest BCUT2D eigenvalue weighted by atomic mass is 16.5. The first-order chi connectivity index (χ1) is 10.2. The van der Waals surface area contributed by atoms with Crippen LogP contribution in [0.4, 0.5) is 0 Å². The lowest BCUT2D eigenvalue weighted by molar-refractivity contribution is 0.296. The highest BCUT2D eigenvalue weighted by Gasteiger charge is 2.06. The molecule has 0 saturated carbocycles. The van der Waals surface area contributed by atoms with Crippen LogP contribution < -0.4 is 15.2 Å². The van der Waals surface area contributed by atoms with Gasteiger partial charge in [0.05, 0.1) is 13.7 Å². The quantitative estimate of drug-likeness (QED) is 0.848. The van der Waals surface area contributed by atoms with Gasteiger partial charge in [-0.05, 0) is 55.2 Å². The molecule has 2 N–H and O–H groups in total. The molecule has 0 radical (unpaired) electrons. The van der Waals surface area contributed by atoms with Crippen LogP contribution in [-0.2, 0) is 6.42 Å². The molecule has 3 nitrogen and oxygen atoms in total. The molecule has 21 heavy (non-hydrogen) atoms. The molecule has 0 aliphatic rings. The molecule has 3 heteroatoms. The SMILES string of the molecule is COc1ccc(OCCC(N)Cc2ccccc2C)cc1. The number of ether oxygens (including phenoxy) is 2. The normalized spacial score (nSPS) is 12.0. The third-order valence-electron chi connectivity index (χ3n) is 3.56. The Morgan fingerprint density at radius 2 is 1.67 bits per heavy atom. The molecule has 112 valence electrons. The van der Waals surface area contributed by atoms with Crippen LogP contribution in [0.1, 0.15) is 17.5 Å². The lowest BCUT2D eigenvalue weighted by Crippen LogP contribution is -2.25. The van der Waals surface area contributed by atoms with E-state index in [1.54, 1.807) is 7.11 Å². The van der Waals surface area contributed by atoms with Crippen molar-refractivity contribution in [1.82, 2.24) is 0 Å². The van der Waals surface area contributed by atoms with Crippen molar-refractivity contribution >= 4 is 0 Å². The van der Waals surface area contributed by atoms with Crippen LogP contribution in [0.5, 0.6) is 11.5 Å². The number of hydrogen-bond acceptors (Lipinski definition) is 3. The molecule has 0 fully saturated rings. The van der Waals surface area contributed by atoms with Crippen molar-refractivity contribution in [2.75, 3.05) is 13.7 Å². The summed E-state index contributed by atoms with van der Waals surface area (Å²) in [5.41, 5.74) is 8.79. The molecule has 0 aliphatic carbocycles. The van der Waals surface area contributed by atoms with Crippen LogP contribution in [0.15, 0.2) is 48.5 Å². The van der Waals surface area contributed by atoms with Gasteiger partial charge in [0, 0.05) is 6.04 Å². The van der Waals surface area contributed by atoms with E-state index in [2.05, 4.69) is 31.2 Å². The van der Waals surface area contributed by atoms with Crippen LogP contribution in [0.25, 0.3) is 0 Å². The minimum atomic E-state index is 0.115. The molecule has 0 amide bonds. The summed E-state index contributed by atoms with van der Waals surface area (Å²) in [4.78, 5) is 0. The van der Waals surface area contributed by atoms with Crippen LogP contribution in [0.3, 0.4) is 0 Å². The van der Waals surface area contributed by atoms with E-state index >= 15 is 0 Å². The smallest absolute Gasteiger partial charge is 0.119 e. The van der Waals surface area contributed by atoms with Gasteiger partial charge in [-0.15, -0.1) is 0 Å².